The van der Waals surface area contributed by atoms with Crippen LogP contribution in [-0.4, -0.2) is 23.5 Å². The number of benzene rings is 1. The number of ether oxygens (including phenoxy) is 1. The lowest BCUT2D eigenvalue weighted by Gasteiger charge is -2.06. The predicted molar refractivity (Wildman–Crippen MR) is 82.6 cm³/mol. The second-order valence-electron chi connectivity index (χ2n) is 4.82. The van der Waals surface area contributed by atoms with Gasteiger partial charge in [-0.15, -0.1) is 0 Å². The van der Waals surface area contributed by atoms with E-state index in [9.17, 15) is 9.59 Å². The Balaban J connectivity index is 1.54. The second kappa shape index (κ2) is 6.74. The van der Waals surface area contributed by atoms with Crippen molar-refractivity contribution in [3.05, 3.63) is 66.2 Å². The third kappa shape index (κ3) is 3.74. The van der Waals surface area contributed by atoms with Crippen LogP contribution in [0, 0.1) is 0 Å². The number of hydrogen-bond acceptors (Lipinski definition) is 5. The van der Waals surface area contributed by atoms with E-state index in [0.29, 0.717) is 11.3 Å². The van der Waals surface area contributed by atoms with Gasteiger partial charge in [0.2, 0.25) is 0 Å². The number of fused-ring (bicyclic) bond motifs is 1. The molecule has 1 N–H and O–H groups in total. The fourth-order valence-corrected chi connectivity index (χ4v) is 2.03. The van der Waals surface area contributed by atoms with Gasteiger partial charge in [-0.25, -0.2) is 9.78 Å². The number of amides is 1. The molecule has 0 fully saturated rings. The number of nitrogens with zero attached hydrogens (tertiary/aromatic N) is 1. The lowest BCUT2D eigenvalue weighted by molar-refractivity contribution is -0.124. The molecule has 0 saturated carbocycles. The Kier molecular flexibility index (Phi) is 4.33. The molecule has 0 radical (unpaired) electrons. The number of aromatic nitrogens is 1. The molecule has 3 aromatic rings. The Labute approximate surface area is 132 Å². The van der Waals surface area contributed by atoms with E-state index < -0.39 is 11.9 Å². The van der Waals surface area contributed by atoms with Crippen LogP contribution in [0.2, 0.25) is 0 Å². The minimum Gasteiger partial charge on any atom is -0.467 e. The fraction of sp³-hybridized carbons (Fsp3) is 0.118. The number of rotatable bonds is 5. The summed E-state index contributed by atoms with van der Waals surface area (Å²) in [6.07, 6.45) is 1.52. The minimum absolute atomic E-state index is 0.169. The molecule has 0 aliphatic rings. The van der Waals surface area contributed by atoms with Gasteiger partial charge in [0.05, 0.1) is 18.3 Å². The summed E-state index contributed by atoms with van der Waals surface area (Å²) in [6, 6.07) is 14.3. The van der Waals surface area contributed by atoms with Crippen molar-refractivity contribution < 1.29 is 18.7 Å². The van der Waals surface area contributed by atoms with Crippen molar-refractivity contribution in [1.82, 2.24) is 10.3 Å². The van der Waals surface area contributed by atoms with Crippen molar-refractivity contribution in [3.8, 4) is 0 Å². The van der Waals surface area contributed by atoms with Gasteiger partial charge in [-0.2, -0.15) is 0 Å². The first kappa shape index (κ1) is 14.8. The van der Waals surface area contributed by atoms with E-state index in [0.717, 1.165) is 5.39 Å². The lowest BCUT2D eigenvalue weighted by Crippen LogP contribution is -2.28. The molecule has 6 nitrogen and oxygen atoms in total. The van der Waals surface area contributed by atoms with Crippen LogP contribution in [0.4, 0.5) is 0 Å². The lowest BCUT2D eigenvalue weighted by atomic mass is 10.2. The van der Waals surface area contributed by atoms with E-state index in [-0.39, 0.29) is 18.8 Å². The Morgan fingerprint density at radius 3 is 2.78 bits per heavy atom. The minimum atomic E-state index is -0.635. The van der Waals surface area contributed by atoms with Crippen molar-refractivity contribution in [2.45, 2.75) is 6.54 Å². The van der Waals surface area contributed by atoms with Crippen molar-refractivity contribution in [2.75, 3.05) is 6.61 Å². The molecule has 0 atom stereocenters. The standard InChI is InChI=1S/C17H14N2O4/c20-16(18-10-13-5-3-9-22-13)11-23-17(21)15-8-7-12-4-1-2-6-14(12)19-15/h1-9H,10-11H2,(H,18,20). The van der Waals surface area contributed by atoms with Gasteiger partial charge in [0.1, 0.15) is 11.5 Å². The van der Waals surface area contributed by atoms with Gasteiger partial charge in [0.15, 0.2) is 6.61 Å². The normalized spacial score (nSPS) is 10.4. The summed E-state index contributed by atoms with van der Waals surface area (Å²) in [4.78, 5) is 27.8. The van der Waals surface area contributed by atoms with Crippen molar-refractivity contribution in [2.24, 2.45) is 0 Å². The largest absolute Gasteiger partial charge is 0.467 e. The number of para-hydroxylation sites is 1. The number of carbonyl (C=O) groups is 2. The summed E-state index contributed by atoms with van der Waals surface area (Å²) in [5.74, 6) is -0.416. The molecule has 2 aromatic heterocycles. The molecule has 116 valence electrons. The summed E-state index contributed by atoms with van der Waals surface area (Å²) in [5.41, 5.74) is 0.867. The number of furan rings is 1. The Bertz CT molecular complexity index is 827. The highest BCUT2D eigenvalue weighted by Gasteiger charge is 2.12. The second-order valence-corrected chi connectivity index (χ2v) is 4.82. The van der Waals surface area contributed by atoms with Crippen molar-refractivity contribution >= 4 is 22.8 Å². The molecule has 0 aliphatic carbocycles. The molecular formula is C17H14N2O4. The third-order valence-corrected chi connectivity index (χ3v) is 3.18. The zero-order valence-electron chi connectivity index (χ0n) is 12.2. The highest BCUT2D eigenvalue weighted by molar-refractivity contribution is 5.92. The maximum atomic E-state index is 11.9. The van der Waals surface area contributed by atoms with Gasteiger partial charge in [0.25, 0.3) is 5.91 Å². The summed E-state index contributed by atoms with van der Waals surface area (Å²) in [7, 11) is 0. The SMILES string of the molecule is O=C(COC(=O)c1ccc2ccccc2n1)NCc1ccco1. The first-order chi connectivity index (χ1) is 11.2. The third-order valence-electron chi connectivity index (χ3n) is 3.18. The molecule has 1 aromatic carbocycles. The molecule has 0 unspecified atom stereocenters. The van der Waals surface area contributed by atoms with E-state index in [2.05, 4.69) is 10.3 Å². The first-order valence-electron chi connectivity index (χ1n) is 7.04. The molecule has 0 bridgehead atoms. The maximum Gasteiger partial charge on any atom is 0.357 e. The number of pyridine rings is 1. The first-order valence-corrected chi connectivity index (χ1v) is 7.04. The number of nitrogens with one attached hydrogen (secondary N) is 1. The van der Waals surface area contributed by atoms with Crippen LogP contribution in [0.3, 0.4) is 0 Å². The van der Waals surface area contributed by atoms with Gasteiger partial charge in [-0.3, -0.25) is 4.79 Å². The van der Waals surface area contributed by atoms with E-state index in [1.54, 1.807) is 24.3 Å². The molecule has 1 amide bonds. The van der Waals surface area contributed by atoms with Crippen LogP contribution in [0.5, 0.6) is 0 Å². The smallest absolute Gasteiger partial charge is 0.357 e. The Morgan fingerprint density at radius 1 is 1.09 bits per heavy atom. The molecule has 2 heterocycles. The molecule has 0 saturated heterocycles. The highest BCUT2D eigenvalue weighted by atomic mass is 16.5. The predicted octanol–water partition coefficient (Wildman–Crippen LogP) is 2.30. The van der Waals surface area contributed by atoms with E-state index in [1.165, 1.54) is 6.26 Å². The molecule has 6 heteroatoms. The van der Waals surface area contributed by atoms with E-state index in [1.807, 2.05) is 24.3 Å². The molecule has 0 aliphatic heterocycles. The number of hydrogen-bond donors (Lipinski definition) is 1. The zero-order valence-corrected chi connectivity index (χ0v) is 12.2. The topological polar surface area (TPSA) is 81.4 Å². The summed E-state index contributed by atoms with van der Waals surface area (Å²) < 4.78 is 10.1. The van der Waals surface area contributed by atoms with Gasteiger partial charge in [-0.05, 0) is 24.3 Å². The average Bonchev–Trinajstić information content (AvgIpc) is 3.11. The number of esters is 1. The van der Waals surface area contributed by atoms with Gasteiger partial charge in [0, 0.05) is 5.39 Å². The molecule has 23 heavy (non-hydrogen) atoms. The van der Waals surface area contributed by atoms with Crippen molar-refractivity contribution in [1.29, 1.82) is 0 Å². The molecular weight excluding hydrogens is 296 g/mol. The Morgan fingerprint density at radius 2 is 1.96 bits per heavy atom. The van der Waals surface area contributed by atoms with Crippen LogP contribution < -0.4 is 5.32 Å². The quantitative estimate of drug-likeness (QED) is 0.731. The van der Waals surface area contributed by atoms with Gasteiger partial charge in [-0.1, -0.05) is 24.3 Å². The zero-order chi connectivity index (χ0) is 16.1. The average molecular weight is 310 g/mol. The maximum absolute atomic E-state index is 11.9. The van der Waals surface area contributed by atoms with Gasteiger partial charge >= 0.3 is 5.97 Å². The van der Waals surface area contributed by atoms with Crippen LogP contribution in [0.15, 0.2) is 59.2 Å². The van der Waals surface area contributed by atoms with Crippen LogP contribution >= 0.6 is 0 Å². The van der Waals surface area contributed by atoms with E-state index in [4.69, 9.17) is 9.15 Å². The van der Waals surface area contributed by atoms with E-state index >= 15 is 0 Å². The molecule has 3 rings (SSSR count). The Hall–Kier alpha value is -3.15. The van der Waals surface area contributed by atoms with Gasteiger partial charge < -0.3 is 14.5 Å². The fourth-order valence-electron chi connectivity index (χ4n) is 2.03. The van der Waals surface area contributed by atoms with Crippen LogP contribution in [0.25, 0.3) is 10.9 Å². The van der Waals surface area contributed by atoms with Crippen molar-refractivity contribution in [3.63, 3.8) is 0 Å². The number of carbonyl (C=O) groups excluding carboxylic acids is 2. The summed E-state index contributed by atoms with van der Waals surface area (Å²) in [6.45, 7) is -0.119. The summed E-state index contributed by atoms with van der Waals surface area (Å²) in [5, 5.41) is 3.52. The summed E-state index contributed by atoms with van der Waals surface area (Å²) >= 11 is 0. The van der Waals surface area contributed by atoms with Crippen LogP contribution in [-0.2, 0) is 16.1 Å². The molecule has 0 spiro atoms. The monoisotopic (exact) mass is 310 g/mol. The highest BCUT2D eigenvalue weighted by Crippen LogP contribution is 2.12. The van der Waals surface area contributed by atoms with Crippen LogP contribution in [0.1, 0.15) is 16.2 Å².